The molecule has 0 unspecified atom stereocenters. The van der Waals surface area contributed by atoms with Gasteiger partial charge < -0.3 is 5.32 Å². The molecule has 13 heavy (non-hydrogen) atoms. The third-order valence-electron chi connectivity index (χ3n) is 1.80. The summed E-state index contributed by atoms with van der Waals surface area (Å²) in [5.74, 6) is 0. The molecule has 0 spiro atoms. The van der Waals surface area contributed by atoms with Crippen LogP contribution in [0.1, 0.15) is 11.1 Å². The molecule has 1 aromatic carbocycles. The molecule has 1 amide bonds. The predicted molar refractivity (Wildman–Crippen MR) is 54.1 cm³/mol. The van der Waals surface area contributed by atoms with Crippen LogP contribution in [0.2, 0.25) is 0 Å². The lowest BCUT2D eigenvalue weighted by Gasteiger charge is -2.01. The molecule has 0 radical (unpaired) electrons. The van der Waals surface area contributed by atoms with E-state index in [-0.39, 0.29) is 0 Å². The Morgan fingerprint density at radius 3 is 2.54 bits per heavy atom. The highest BCUT2D eigenvalue weighted by Crippen LogP contribution is 2.02. The molecule has 0 aromatic heterocycles. The normalized spacial score (nSPS) is 9.69. The van der Waals surface area contributed by atoms with Gasteiger partial charge >= 0.3 is 5.37 Å². The highest BCUT2D eigenvalue weighted by molar-refractivity contribution is 6.62. The van der Waals surface area contributed by atoms with Crippen LogP contribution >= 0.6 is 11.6 Å². The Bertz CT molecular complexity index is 281. The third kappa shape index (κ3) is 3.95. The minimum absolute atomic E-state index is 0.493. The van der Waals surface area contributed by atoms with Gasteiger partial charge in [-0.15, -0.1) is 0 Å². The van der Waals surface area contributed by atoms with Crippen molar-refractivity contribution < 1.29 is 4.79 Å². The van der Waals surface area contributed by atoms with E-state index in [0.717, 1.165) is 6.42 Å². The quantitative estimate of drug-likeness (QED) is 0.586. The largest absolute Gasteiger partial charge is 0.342 e. The molecule has 70 valence electrons. The number of hydrogen-bond acceptors (Lipinski definition) is 1. The zero-order chi connectivity index (χ0) is 9.68. The second kappa shape index (κ2) is 4.87. The fourth-order valence-corrected chi connectivity index (χ4v) is 1.15. The predicted octanol–water partition coefficient (Wildman–Crippen LogP) is 2.49. The van der Waals surface area contributed by atoms with E-state index in [1.807, 2.05) is 6.92 Å². The van der Waals surface area contributed by atoms with Crippen LogP contribution in [0.25, 0.3) is 0 Å². The Hall–Kier alpha value is -1.02. The van der Waals surface area contributed by atoms with Gasteiger partial charge in [-0.05, 0) is 30.5 Å². The number of hydrogen-bond donors (Lipinski definition) is 1. The van der Waals surface area contributed by atoms with E-state index in [0.29, 0.717) is 6.54 Å². The summed E-state index contributed by atoms with van der Waals surface area (Å²) >= 11 is 5.12. The lowest BCUT2D eigenvalue weighted by atomic mass is 10.1. The van der Waals surface area contributed by atoms with E-state index in [1.165, 1.54) is 11.1 Å². The van der Waals surface area contributed by atoms with Gasteiger partial charge in [-0.1, -0.05) is 29.8 Å². The van der Waals surface area contributed by atoms with E-state index < -0.39 is 5.37 Å². The standard InChI is InChI=1S/C10H12ClNO/c1-8-2-4-9(5-3-8)6-7-12-10(11)13/h2-5H,6-7H2,1H3,(H,12,13). The molecule has 0 fully saturated rings. The Morgan fingerprint density at radius 1 is 1.38 bits per heavy atom. The summed E-state index contributed by atoms with van der Waals surface area (Å²) < 4.78 is 0. The minimum Gasteiger partial charge on any atom is -0.342 e. The SMILES string of the molecule is Cc1ccc(CCNC(=O)Cl)cc1. The van der Waals surface area contributed by atoms with Crippen molar-refractivity contribution in [2.75, 3.05) is 6.54 Å². The van der Waals surface area contributed by atoms with E-state index in [1.54, 1.807) is 0 Å². The molecular formula is C10H12ClNO. The molecule has 0 atom stereocenters. The number of benzene rings is 1. The fraction of sp³-hybridized carbons (Fsp3) is 0.300. The summed E-state index contributed by atoms with van der Waals surface area (Å²) in [6, 6.07) is 8.21. The van der Waals surface area contributed by atoms with Crippen molar-refractivity contribution in [3.05, 3.63) is 35.4 Å². The molecule has 0 bridgehead atoms. The van der Waals surface area contributed by atoms with Gasteiger partial charge in [0.15, 0.2) is 0 Å². The van der Waals surface area contributed by atoms with Crippen molar-refractivity contribution >= 4 is 17.0 Å². The first kappa shape index (κ1) is 10.1. The molecule has 0 aliphatic heterocycles. The fourth-order valence-electron chi connectivity index (χ4n) is 1.06. The summed E-state index contributed by atoms with van der Waals surface area (Å²) in [5, 5.41) is 2.04. The average molecular weight is 198 g/mol. The van der Waals surface area contributed by atoms with Crippen LogP contribution in [0.5, 0.6) is 0 Å². The Morgan fingerprint density at radius 2 is 2.00 bits per heavy atom. The van der Waals surface area contributed by atoms with Crippen molar-refractivity contribution in [2.45, 2.75) is 13.3 Å². The number of aryl methyl sites for hydroxylation is 1. The highest BCUT2D eigenvalue weighted by atomic mass is 35.5. The third-order valence-corrected chi connectivity index (χ3v) is 1.93. The molecule has 0 aliphatic rings. The van der Waals surface area contributed by atoms with E-state index in [9.17, 15) is 4.79 Å². The molecule has 0 heterocycles. The van der Waals surface area contributed by atoms with Crippen LogP contribution in [-0.4, -0.2) is 11.9 Å². The number of carbonyl (C=O) groups excluding carboxylic acids is 1. The molecule has 0 saturated carbocycles. The molecule has 1 rings (SSSR count). The molecule has 1 N–H and O–H groups in total. The first-order valence-electron chi connectivity index (χ1n) is 4.17. The van der Waals surface area contributed by atoms with Gasteiger partial charge in [0.25, 0.3) is 0 Å². The van der Waals surface area contributed by atoms with Crippen LogP contribution in [0, 0.1) is 6.92 Å². The lowest BCUT2D eigenvalue weighted by molar-refractivity contribution is 0.260. The minimum atomic E-state index is -0.493. The number of amides is 1. The zero-order valence-corrected chi connectivity index (χ0v) is 8.27. The molecule has 0 saturated heterocycles. The summed E-state index contributed by atoms with van der Waals surface area (Å²) in [5.41, 5.74) is 2.45. The van der Waals surface area contributed by atoms with Crippen LogP contribution in [0.15, 0.2) is 24.3 Å². The first-order valence-corrected chi connectivity index (χ1v) is 4.55. The van der Waals surface area contributed by atoms with Gasteiger partial charge in [0, 0.05) is 6.54 Å². The number of nitrogens with one attached hydrogen (secondary N) is 1. The monoisotopic (exact) mass is 197 g/mol. The number of halogens is 1. The molecular weight excluding hydrogens is 186 g/mol. The van der Waals surface area contributed by atoms with E-state index in [2.05, 4.69) is 29.6 Å². The van der Waals surface area contributed by atoms with Crippen molar-refractivity contribution in [1.82, 2.24) is 5.32 Å². The summed E-state index contributed by atoms with van der Waals surface area (Å²) in [6.45, 7) is 2.63. The van der Waals surface area contributed by atoms with Crippen LogP contribution in [0.4, 0.5) is 4.79 Å². The van der Waals surface area contributed by atoms with Gasteiger partial charge in [-0.3, -0.25) is 4.79 Å². The van der Waals surface area contributed by atoms with Crippen molar-refractivity contribution in [2.24, 2.45) is 0 Å². The second-order valence-corrected chi connectivity index (χ2v) is 3.28. The van der Waals surface area contributed by atoms with Gasteiger partial charge in [0.1, 0.15) is 0 Å². The Balaban J connectivity index is 2.37. The zero-order valence-electron chi connectivity index (χ0n) is 7.51. The second-order valence-electron chi connectivity index (χ2n) is 2.94. The van der Waals surface area contributed by atoms with Gasteiger partial charge in [-0.2, -0.15) is 0 Å². The van der Waals surface area contributed by atoms with Crippen LogP contribution in [-0.2, 0) is 6.42 Å². The molecule has 0 aliphatic carbocycles. The smallest absolute Gasteiger partial charge is 0.313 e. The van der Waals surface area contributed by atoms with Gasteiger partial charge in [0.2, 0.25) is 0 Å². The summed E-state index contributed by atoms with van der Waals surface area (Å²) in [7, 11) is 0. The summed E-state index contributed by atoms with van der Waals surface area (Å²) in [6.07, 6.45) is 0.818. The lowest BCUT2D eigenvalue weighted by Crippen LogP contribution is -2.19. The molecule has 3 heteroatoms. The highest BCUT2D eigenvalue weighted by Gasteiger charge is 1.94. The van der Waals surface area contributed by atoms with Gasteiger partial charge in [0.05, 0.1) is 0 Å². The first-order chi connectivity index (χ1) is 6.18. The van der Waals surface area contributed by atoms with Crippen LogP contribution in [0.3, 0.4) is 0 Å². The maximum Gasteiger partial charge on any atom is 0.313 e. The number of carbonyl (C=O) groups is 1. The van der Waals surface area contributed by atoms with Crippen molar-refractivity contribution in [3.8, 4) is 0 Å². The van der Waals surface area contributed by atoms with E-state index in [4.69, 9.17) is 11.6 Å². The van der Waals surface area contributed by atoms with Gasteiger partial charge in [-0.25, -0.2) is 0 Å². The Kier molecular flexibility index (Phi) is 3.77. The maximum atomic E-state index is 10.3. The molecule has 1 aromatic rings. The maximum absolute atomic E-state index is 10.3. The average Bonchev–Trinajstić information content (AvgIpc) is 2.08. The number of rotatable bonds is 3. The molecule has 2 nitrogen and oxygen atoms in total. The van der Waals surface area contributed by atoms with Crippen molar-refractivity contribution in [1.29, 1.82) is 0 Å². The van der Waals surface area contributed by atoms with E-state index >= 15 is 0 Å². The summed E-state index contributed by atoms with van der Waals surface area (Å²) in [4.78, 5) is 10.3. The Labute approximate surface area is 82.9 Å². The van der Waals surface area contributed by atoms with Crippen molar-refractivity contribution in [3.63, 3.8) is 0 Å². The topological polar surface area (TPSA) is 29.1 Å². The van der Waals surface area contributed by atoms with Crippen LogP contribution < -0.4 is 5.32 Å².